The summed E-state index contributed by atoms with van der Waals surface area (Å²) in [6.07, 6.45) is 1.19. The van der Waals surface area contributed by atoms with Gasteiger partial charge in [-0.2, -0.15) is 0 Å². The average Bonchev–Trinajstić information content (AvgIpc) is 2.94. The van der Waals surface area contributed by atoms with Crippen LogP contribution < -0.4 is 15.0 Å². The van der Waals surface area contributed by atoms with Gasteiger partial charge in [0.2, 0.25) is 0 Å². The Hall–Kier alpha value is -1.42. The molecule has 3 aliphatic rings. The van der Waals surface area contributed by atoms with Gasteiger partial charge in [0.15, 0.2) is 0 Å². The average molecular weight is 361 g/mol. The van der Waals surface area contributed by atoms with Crippen LogP contribution in [0, 0.1) is 0 Å². The van der Waals surface area contributed by atoms with Gasteiger partial charge >= 0.3 is 0 Å². The molecule has 1 N–H and O–H groups in total. The van der Waals surface area contributed by atoms with Crippen LogP contribution in [0.15, 0.2) is 30.3 Å². The molecule has 2 aromatic rings. The van der Waals surface area contributed by atoms with Gasteiger partial charge in [-0.3, -0.25) is 0 Å². The number of anilines is 1. The van der Waals surface area contributed by atoms with Crippen molar-refractivity contribution in [2.45, 2.75) is 18.4 Å². The first-order valence-corrected chi connectivity index (χ1v) is 9.22. The number of halogens is 2. The summed E-state index contributed by atoms with van der Waals surface area (Å²) in [7, 11) is 0. The van der Waals surface area contributed by atoms with Crippen molar-refractivity contribution in [3.8, 4) is 16.9 Å². The molecular weight excluding hydrogens is 343 g/mol. The maximum Gasteiger partial charge on any atom is 0.143 e. The number of nitrogens with one attached hydrogen (secondary N) is 1. The summed E-state index contributed by atoms with van der Waals surface area (Å²) >= 11 is 12.7. The summed E-state index contributed by atoms with van der Waals surface area (Å²) in [5.74, 6) is 1.51. The Balaban J connectivity index is 1.70. The molecule has 0 aliphatic carbocycles. The van der Waals surface area contributed by atoms with Gasteiger partial charge in [-0.25, -0.2) is 0 Å². The highest BCUT2D eigenvalue weighted by Crippen LogP contribution is 2.51. The normalized spacial score (nSPS) is 24.3. The summed E-state index contributed by atoms with van der Waals surface area (Å²) in [4.78, 5) is 2.56. The molecule has 124 valence electrons. The third kappa shape index (κ3) is 2.08. The minimum Gasteiger partial charge on any atom is -0.490 e. The van der Waals surface area contributed by atoms with Crippen LogP contribution in [0.4, 0.5) is 5.69 Å². The van der Waals surface area contributed by atoms with Crippen LogP contribution in [0.2, 0.25) is 10.0 Å². The molecule has 0 spiro atoms. The maximum absolute atomic E-state index is 6.46. The summed E-state index contributed by atoms with van der Waals surface area (Å²) < 4.78 is 6.01. The molecule has 0 radical (unpaired) electrons. The Morgan fingerprint density at radius 3 is 3.04 bits per heavy atom. The largest absolute Gasteiger partial charge is 0.490 e. The van der Waals surface area contributed by atoms with E-state index < -0.39 is 0 Å². The fourth-order valence-electron chi connectivity index (χ4n) is 4.44. The molecule has 1 fully saturated rings. The smallest absolute Gasteiger partial charge is 0.143 e. The first kappa shape index (κ1) is 14.9. The summed E-state index contributed by atoms with van der Waals surface area (Å²) in [5, 5.41) is 4.74. The fourth-order valence-corrected chi connectivity index (χ4v) is 4.85. The second-order valence-corrected chi connectivity index (χ2v) is 7.51. The minimum absolute atomic E-state index is 0.520. The first-order valence-electron chi connectivity index (χ1n) is 8.46. The molecule has 5 rings (SSSR count). The molecule has 1 saturated heterocycles. The predicted molar refractivity (Wildman–Crippen MR) is 98.8 cm³/mol. The van der Waals surface area contributed by atoms with Crippen LogP contribution in [0.1, 0.15) is 17.9 Å². The topological polar surface area (TPSA) is 24.5 Å². The number of hydrogen-bond acceptors (Lipinski definition) is 3. The number of piperidine rings is 1. The lowest BCUT2D eigenvalue weighted by atomic mass is 9.88. The standard InChI is InChI=1S/C19H18Cl2N2O/c20-15-3-1-2-12(18(15)21)11-8-13-14-10-22-5-4-16(14)23-6-7-24-17(9-11)19(13)23/h1-3,8-9,14,16,22H,4-7,10H2/t14-,16-/m0/s1. The monoisotopic (exact) mass is 360 g/mol. The number of nitrogens with zero attached hydrogens (tertiary/aromatic N) is 1. The van der Waals surface area contributed by atoms with Crippen LogP contribution in [0.25, 0.3) is 11.1 Å². The van der Waals surface area contributed by atoms with Gasteiger partial charge in [0.1, 0.15) is 12.4 Å². The predicted octanol–water partition coefficient (Wildman–Crippen LogP) is 4.32. The molecule has 0 aromatic heterocycles. The lowest BCUT2D eigenvalue weighted by molar-refractivity contribution is 0.295. The van der Waals surface area contributed by atoms with E-state index in [2.05, 4.69) is 22.3 Å². The second-order valence-electron chi connectivity index (χ2n) is 6.72. The van der Waals surface area contributed by atoms with E-state index in [0.717, 1.165) is 43.1 Å². The van der Waals surface area contributed by atoms with Crippen molar-refractivity contribution in [3.63, 3.8) is 0 Å². The summed E-state index contributed by atoms with van der Waals surface area (Å²) in [6.45, 7) is 3.85. The van der Waals surface area contributed by atoms with Crippen molar-refractivity contribution < 1.29 is 4.74 Å². The van der Waals surface area contributed by atoms with E-state index in [-0.39, 0.29) is 0 Å². The molecule has 24 heavy (non-hydrogen) atoms. The fraction of sp³-hybridized carbons (Fsp3) is 0.368. The highest BCUT2D eigenvalue weighted by molar-refractivity contribution is 6.43. The van der Waals surface area contributed by atoms with E-state index in [1.54, 1.807) is 0 Å². The molecule has 0 bridgehead atoms. The van der Waals surface area contributed by atoms with E-state index in [9.17, 15) is 0 Å². The zero-order valence-corrected chi connectivity index (χ0v) is 14.7. The van der Waals surface area contributed by atoms with Gasteiger partial charge in [0.25, 0.3) is 0 Å². The third-order valence-corrected chi connectivity index (χ3v) is 6.31. The minimum atomic E-state index is 0.520. The molecule has 2 aromatic carbocycles. The van der Waals surface area contributed by atoms with Gasteiger partial charge in [0, 0.05) is 24.1 Å². The zero-order chi connectivity index (χ0) is 16.3. The van der Waals surface area contributed by atoms with Crippen LogP contribution in [-0.4, -0.2) is 32.3 Å². The number of rotatable bonds is 1. The van der Waals surface area contributed by atoms with E-state index in [0.29, 0.717) is 22.0 Å². The highest BCUT2D eigenvalue weighted by atomic mass is 35.5. The highest BCUT2D eigenvalue weighted by Gasteiger charge is 2.43. The SMILES string of the molecule is Clc1cccc(-c2cc3c4c(c2)[C@@H]2CNCC[C@@H]2N4CCO3)c1Cl. The van der Waals surface area contributed by atoms with Gasteiger partial charge in [-0.1, -0.05) is 35.3 Å². The van der Waals surface area contributed by atoms with Gasteiger partial charge in [-0.15, -0.1) is 0 Å². The van der Waals surface area contributed by atoms with Crippen LogP contribution in [-0.2, 0) is 0 Å². The second kappa shape index (κ2) is 5.55. The first-order chi connectivity index (χ1) is 11.7. The Labute approximate surface area is 151 Å². The maximum atomic E-state index is 6.46. The Morgan fingerprint density at radius 1 is 1.21 bits per heavy atom. The number of ether oxygens (including phenoxy) is 1. The van der Waals surface area contributed by atoms with E-state index in [4.69, 9.17) is 27.9 Å². The van der Waals surface area contributed by atoms with E-state index >= 15 is 0 Å². The third-order valence-electron chi connectivity index (χ3n) is 5.49. The number of fused-ring (bicyclic) bond motifs is 3. The molecular formula is C19H18Cl2N2O. The molecule has 0 amide bonds. The summed E-state index contributed by atoms with van der Waals surface area (Å²) in [6, 6.07) is 10.8. The Bertz CT molecular complexity index is 823. The van der Waals surface area contributed by atoms with Gasteiger partial charge in [-0.05, 0) is 42.3 Å². The molecule has 2 atom stereocenters. The lowest BCUT2D eigenvalue weighted by Crippen LogP contribution is -2.46. The van der Waals surface area contributed by atoms with Crippen LogP contribution in [0.3, 0.4) is 0 Å². The van der Waals surface area contributed by atoms with E-state index in [1.807, 2.05) is 18.2 Å². The quantitative estimate of drug-likeness (QED) is 0.819. The van der Waals surface area contributed by atoms with Crippen LogP contribution >= 0.6 is 23.2 Å². The molecule has 3 heterocycles. The molecule has 0 saturated carbocycles. The summed E-state index contributed by atoms with van der Waals surface area (Å²) in [5.41, 5.74) is 4.73. The molecule has 3 aliphatic heterocycles. The van der Waals surface area contributed by atoms with Gasteiger partial charge < -0.3 is 15.0 Å². The zero-order valence-electron chi connectivity index (χ0n) is 13.2. The van der Waals surface area contributed by atoms with E-state index in [1.165, 1.54) is 17.7 Å². The molecule has 0 unspecified atom stereocenters. The number of benzene rings is 2. The van der Waals surface area contributed by atoms with Crippen molar-refractivity contribution in [2.75, 3.05) is 31.1 Å². The number of hydrogen-bond donors (Lipinski definition) is 1. The van der Waals surface area contributed by atoms with Crippen molar-refractivity contribution in [3.05, 3.63) is 45.9 Å². The Kier molecular flexibility index (Phi) is 3.44. The lowest BCUT2D eigenvalue weighted by Gasteiger charge is -2.36. The van der Waals surface area contributed by atoms with Crippen molar-refractivity contribution in [1.29, 1.82) is 0 Å². The van der Waals surface area contributed by atoms with Gasteiger partial charge in [0.05, 0.1) is 22.3 Å². The van der Waals surface area contributed by atoms with Crippen molar-refractivity contribution >= 4 is 28.9 Å². The van der Waals surface area contributed by atoms with Crippen LogP contribution in [0.5, 0.6) is 5.75 Å². The van der Waals surface area contributed by atoms with Crippen molar-refractivity contribution in [2.24, 2.45) is 0 Å². The molecule has 5 heteroatoms. The Morgan fingerprint density at radius 2 is 2.12 bits per heavy atom. The molecule has 3 nitrogen and oxygen atoms in total. The van der Waals surface area contributed by atoms with Crippen molar-refractivity contribution in [1.82, 2.24) is 5.32 Å².